The van der Waals surface area contributed by atoms with E-state index in [-0.39, 0.29) is 12.5 Å². The van der Waals surface area contributed by atoms with Crippen molar-refractivity contribution in [2.24, 2.45) is 0 Å². The number of carbonyl (C=O) groups is 3. The van der Waals surface area contributed by atoms with E-state index in [1.807, 2.05) is 30.3 Å². The van der Waals surface area contributed by atoms with Crippen molar-refractivity contribution in [1.29, 1.82) is 0 Å². The number of nitrogens with zero attached hydrogens (tertiary/aromatic N) is 1. The van der Waals surface area contributed by atoms with Crippen LogP contribution < -0.4 is 5.32 Å². The standard InChI is InChI=1S/C8H14N2O3.C8H8O.C3H8/c1-13-8(12)9-6-7(11)10-4-2-3-5-10;9-7-6-8-4-2-1-3-5-8;1-3-2/h2-6H2,1H3,(H,9,12);1-5,7H,6H2;3H2,1-2H3. The smallest absolute Gasteiger partial charge is 0.407 e. The quantitative estimate of drug-likeness (QED) is 0.847. The summed E-state index contributed by atoms with van der Waals surface area (Å²) >= 11 is 0. The summed E-state index contributed by atoms with van der Waals surface area (Å²) in [6.07, 6.45) is 4.25. The molecule has 1 aliphatic rings. The summed E-state index contributed by atoms with van der Waals surface area (Å²) in [5, 5.41) is 2.36. The minimum atomic E-state index is -0.562. The molecule has 1 N–H and O–H groups in total. The molecule has 0 radical (unpaired) electrons. The summed E-state index contributed by atoms with van der Waals surface area (Å²) in [6, 6.07) is 9.68. The van der Waals surface area contributed by atoms with Crippen molar-refractivity contribution in [2.45, 2.75) is 39.5 Å². The molecule has 2 rings (SSSR count). The van der Waals surface area contributed by atoms with Crippen LogP contribution in [0.1, 0.15) is 38.7 Å². The Morgan fingerprint density at radius 1 is 1.16 bits per heavy atom. The van der Waals surface area contributed by atoms with Crippen molar-refractivity contribution in [3.63, 3.8) is 0 Å². The first-order chi connectivity index (χ1) is 12.1. The van der Waals surface area contributed by atoms with E-state index >= 15 is 0 Å². The van der Waals surface area contributed by atoms with Crippen molar-refractivity contribution >= 4 is 18.3 Å². The predicted molar refractivity (Wildman–Crippen MR) is 98.4 cm³/mol. The van der Waals surface area contributed by atoms with E-state index < -0.39 is 6.09 Å². The highest BCUT2D eigenvalue weighted by atomic mass is 16.5. The van der Waals surface area contributed by atoms with Crippen LogP contribution in [0.2, 0.25) is 0 Å². The molecule has 1 aromatic carbocycles. The van der Waals surface area contributed by atoms with Crippen LogP contribution in [-0.4, -0.2) is 49.9 Å². The van der Waals surface area contributed by atoms with Crippen LogP contribution >= 0.6 is 0 Å². The molecule has 0 aromatic heterocycles. The van der Waals surface area contributed by atoms with E-state index in [0.29, 0.717) is 6.42 Å². The number of alkyl carbamates (subject to hydrolysis) is 1. The topological polar surface area (TPSA) is 75.7 Å². The highest BCUT2D eigenvalue weighted by molar-refractivity contribution is 5.82. The molecule has 6 nitrogen and oxygen atoms in total. The molecule has 1 fully saturated rings. The number of methoxy groups -OCH3 is 1. The van der Waals surface area contributed by atoms with Crippen LogP contribution in [0, 0.1) is 0 Å². The molecular formula is C19H30N2O4. The summed E-state index contributed by atoms with van der Waals surface area (Å²) in [5.41, 5.74) is 1.08. The molecule has 1 aromatic rings. The molecule has 25 heavy (non-hydrogen) atoms. The third kappa shape index (κ3) is 11.8. The second-order valence-corrected chi connectivity index (χ2v) is 5.50. The minimum absolute atomic E-state index is 0.0344. The van der Waals surface area contributed by atoms with Gasteiger partial charge >= 0.3 is 6.09 Å². The Kier molecular flexibility index (Phi) is 13.7. The van der Waals surface area contributed by atoms with Crippen LogP contribution in [0.4, 0.5) is 4.79 Å². The van der Waals surface area contributed by atoms with Gasteiger partial charge in [-0.2, -0.15) is 0 Å². The average molecular weight is 350 g/mol. The van der Waals surface area contributed by atoms with Crippen molar-refractivity contribution in [1.82, 2.24) is 10.2 Å². The number of aldehydes is 1. The Balaban J connectivity index is 0.000000417. The predicted octanol–water partition coefficient (Wildman–Crippen LogP) is 2.81. The zero-order chi connectivity index (χ0) is 18.9. The van der Waals surface area contributed by atoms with Gasteiger partial charge in [-0.25, -0.2) is 4.79 Å². The number of amides is 2. The Morgan fingerprint density at radius 3 is 2.20 bits per heavy atom. The van der Waals surface area contributed by atoms with Gasteiger partial charge in [-0.15, -0.1) is 0 Å². The van der Waals surface area contributed by atoms with Crippen LogP contribution in [0.3, 0.4) is 0 Å². The minimum Gasteiger partial charge on any atom is -0.453 e. The number of carbonyl (C=O) groups excluding carboxylic acids is 3. The number of rotatable bonds is 4. The highest BCUT2D eigenvalue weighted by Gasteiger charge is 2.17. The second-order valence-electron chi connectivity index (χ2n) is 5.50. The van der Waals surface area contributed by atoms with E-state index in [1.54, 1.807) is 4.90 Å². The zero-order valence-electron chi connectivity index (χ0n) is 15.5. The van der Waals surface area contributed by atoms with Gasteiger partial charge in [0.2, 0.25) is 5.91 Å². The van der Waals surface area contributed by atoms with Gasteiger partial charge in [0.05, 0.1) is 7.11 Å². The van der Waals surface area contributed by atoms with E-state index in [0.717, 1.165) is 37.8 Å². The fraction of sp³-hybridized carbons (Fsp3) is 0.526. The summed E-state index contributed by atoms with van der Waals surface area (Å²) in [5.74, 6) is -0.0390. The molecule has 2 amide bonds. The van der Waals surface area contributed by atoms with E-state index in [1.165, 1.54) is 13.5 Å². The molecule has 0 spiro atoms. The van der Waals surface area contributed by atoms with Crippen molar-refractivity contribution < 1.29 is 19.1 Å². The number of likely N-dealkylation sites (tertiary alicyclic amines) is 1. The molecule has 0 unspecified atom stereocenters. The van der Waals surface area contributed by atoms with Crippen LogP contribution in [0.15, 0.2) is 30.3 Å². The van der Waals surface area contributed by atoms with E-state index in [9.17, 15) is 14.4 Å². The Bertz CT molecular complexity index is 485. The first-order valence-electron chi connectivity index (χ1n) is 8.66. The summed E-state index contributed by atoms with van der Waals surface area (Å²) < 4.78 is 4.34. The Labute approximate surface area is 150 Å². The van der Waals surface area contributed by atoms with Gasteiger partial charge in [0.25, 0.3) is 0 Å². The highest BCUT2D eigenvalue weighted by Crippen LogP contribution is 2.06. The molecule has 140 valence electrons. The van der Waals surface area contributed by atoms with Crippen LogP contribution in [0.25, 0.3) is 0 Å². The Hall–Kier alpha value is -2.37. The molecular weight excluding hydrogens is 320 g/mol. The van der Waals surface area contributed by atoms with Gasteiger partial charge in [-0.3, -0.25) is 4.79 Å². The lowest BCUT2D eigenvalue weighted by Gasteiger charge is -2.14. The number of hydrogen-bond acceptors (Lipinski definition) is 4. The van der Waals surface area contributed by atoms with Gasteiger partial charge in [0.1, 0.15) is 12.8 Å². The van der Waals surface area contributed by atoms with Gasteiger partial charge in [-0.1, -0.05) is 50.6 Å². The largest absolute Gasteiger partial charge is 0.453 e. The van der Waals surface area contributed by atoms with E-state index in [2.05, 4.69) is 23.9 Å². The molecule has 0 aliphatic carbocycles. The fourth-order valence-corrected chi connectivity index (χ4v) is 2.01. The third-order valence-electron chi connectivity index (χ3n) is 3.19. The molecule has 1 aliphatic heterocycles. The average Bonchev–Trinajstić information content (AvgIpc) is 3.16. The number of hydrogen-bond donors (Lipinski definition) is 1. The van der Waals surface area contributed by atoms with Crippen LogP contribution in [0.5, 0.6) is 0 Å². The van der Waals surface area contributed by atoms with Gasteiger partial charge < -0.3 is 19.7 Å². The van der Waals surface area contributed by atoms with Gasteiger partial charge in [-0.05, 0) is 18.4 Å². The maximum Gasteiger partial charge on any atom is 0.407 e. The van der Waals surface area contributed by atoms with Gasteiger partial charge in [0, 0.05) is 19.5 Å². The SMILES string of the molecule is CCC.COC(=O)NCC(=O)N1CCCC1.O=CCc1ccccc1. The summed E-state index contributed by atoms with van der Waals surface area (Å²) in [4.78, 5) is 33.7. The van der Waals surface area contributed by atoms with Crippen molar-refractivity contribution in [3.05, 3.63) is 35.9 Å². The monoisotopic (exact) mass is 350 g/mol. The molecule has 0 bridgehead atoms. The third-order valence-corrected chi connectivity index (χ3v) is 3.19. The zero-order valence-corrected chi connectivity index (χ0v) is 15.5. The number of benzene rings is 1. The fourth-order valence-electron chi connectivity index (χ4n) is 2.01. The van der Waals surface area contributed by atoms with Crippen LogP contribution in [-0.2, 0) is 20.7 Å². The maximum absolute atomic E-state index is 11.3. The maximum atomic E-state index is 11.3. The lowest BCUT2D eigenvalue weighted by molar-refractivity contribution is -0.129. The molecule has 6 heteroatoms. The molecule has 1 saturated heterocycles. The summed E-state index contributed by atoms with van der Waals surface area (Å²) in [6.45, 7) is 5.90. The lowest BCUT2D eigenvalue weighted by atomic mass is 10.2. The van der Waals surface area contributed by atoms with E-state index in [4.69, 9.17) is 0 Å². The lowest BCUT2D eigenvalue weighted by Crippen LogP contribution is -2.38. The second kappa shape index (κ2) is 15.2. The van der Waals surface area contributed by atoms with Gasteiger partial charge in [0.15, 0.2) is 0 Å². The normalized spacial score (nSPS) is 12.0. The van der Waals surface area contributed by atoms with Crippen molar-refractivity contribution in [3.8, 4) is 0 Å². The molecule has 0 saturated carbocycles. The number of ether oxygens (including phenoxy) is 1. The summed E-state index contributed by atoms with van der Waals surface area (Å²) in [7, 11) is 1.27. The molecule has 0 atom stereocenters. The first kappa shape index (κ1) is 22.6. The Morgan fingerprint density at radius 2 is 1.72 bits per heavy atom. The first-order valence-corrected chi connectivity index (χ1v) is 8.66. The van der Waals surface area contributed by atoms with Crippen molar-refractivity contribution in [2.75, 3.05) is 26.7 Å². The number of nitrogens with one attached hydrogen (secondary N) is 1. The molecule has 1 heterocycles.